The quantitative estimate of drug-likeness (QED) is 0.230. The molecule has 0 bridgehead atoms. The lowest BCUT2D eigenvalue weighted by Crippen LogP contribution is -2.14. The van der Waals surface area contributed by atoms with Gasteiger partial charge in [-0.3, -0.25) is 10.2 Å². The summed E-state index contributed by atoms with van der Waals surface area (Å²) in [5.41, 5.74) is 8.28. The van der Waals surface area contributed by atoms with Crippen LogP contribution in [0.25, 0.3) is 0 Å². The van der Waals surface area contributed by atoms with E-state index in [1.165, 1.54) is 34.9 Å². The van der Waals surface area contributed by atoms with Crippen LogP contribution in [-0.4, -0.2) is 20.3 Å². The molecule has 4 N–H and O–H groups in total. The van der Waals surface area contributed by atoms with Crippen molar-refractivity contribution in [2.75, 3.05) is 5.32 Å². The van der Waals surface area contributed by atoms with Gasteiger partial charge >= 0.3 is 0 Å². The molecule has 2 heterocycles. The maximum absolute atomic E-state index is 12.2. The van der Waals surface area contributed by atoms with Crippen LogP contribution in [0.5, 0.6) is 0 Å². The molecule has 0 spiro atoms. The number of anilines is 1. The Kier molecular flexibility index (Phi) is 9.17. The monoisotopic (exact) mass is 445 g/mol. The molecule has 0 aliphatic heterocycles. The van der Waals surface area contributed by atoms with Gasteiger partial charge in [-0.1, -0.05) is 30.0 Å². The molecule has 1 amide bonds. The third-order valence-electron chi connectivity index (χ3n) is 3.52. The Morgan fingerprint density at radius 3 is 2.79 bits per heavy atom. The van der Waals surface area contributed by atoms with Crippen molar-refractivity contribution in [3.63, 3.8) is 0 Å². The third kappa shape index (κ3) is 8.26. The molecule has 0 saturated heterocycles. The van der Waals surface area contributed by atoms with E-state index in [1.54, 1.807) is 12.3 Å². The number of nitrogens with two attached hydrogens (primary N) is 1. The molecule has 29 heavy (non-hydrogen) atoms. The van der Waals surface area contributed by atoms with Gasteiger partial charge in [0.05, 0.1) is 12.1 Å². The Morgan fingerprint density at radius 2 is 2.17 bits per heavy atom. The van der Waals surface area contributed by atoms with Crippen LogP contribution in [0.3, 0.4) is 0 Å². The first-order valence-electron chi connectivity index (χ1n) is 8.74. The van der Waals surface area contributed by atoms with Gasteiger partial charge < -0.3 is 11.1 Å². The lowest BCUT2D eigenvalue weighted by Gasteiger charge is -2.07. The van der Waals surface area contributed by atoms with Crippen LogP contribution >= 0.6 is 34.9 Å². The zero-order chi connectivity index (χ0) is 21.2. The highest BCUT2D eigenvalue weighted by Crippen LogP contribution is 2.28. The number of thiazole rings is 1. The normalized spacial score (nSPS) is 12.7. The lowest BCUT2D eigenvalue weighted by molar-refractivity contribution is -0.115. The molecule has 0 saturated carbocycles. The highest BCUT2D eigenvalue weighted by atomic mass is 32.2. The van der Waals surface area contributed by atoms with Gasteiger partial charge in [0.15, 0.2) is 5.13 Å². The smallest absolute Gasteiger partial charge is 0.230 e. The van der Waals surface area contributed by atoms with E-state index in [1.807, 2.05) is 56.5 Å². The third-order valence-corrected chi connectivity index (χ3v) is 6.18. The number of thioether (sulfide) groups is 2. The molecule has 0 aliphatic carbocycles. The molecular formula is C20H23N5OS3. The highest BCUT2D eigenvalue weighted by molar-refractivity contribution is 8.40. The lowest BCUT2D eigenvalue weighted by atomic mass is 10.1. The highest BCUT2D eigenvalue weighted by Gasteiger charge is 2.10. The largest absolute Gasteiger partial charge is 0.399 e. The predicted octanol–water partition coefficient (Wildman–Crippen LogP) is 5.33. The van der Waals surface area contributed by atoms with Crippen molar-refractivity contribution in [3.8, 4) is 0 Å². The number of aryl methyl sites for hydroxylation is 1. The van der Waals surface area contributed by atoms with E-state index in [2.05, 4.69) is 15.3 Å². The molecule has 0 radical (unpaired) electrons. The molecule has 0 aromatic carbocycles. The standard InChI is InChI=1S/C20H23N5OS3/c1-4-15(11-17(26)25-20-24-13(2)12-27-20)16(21)9-8-14(3)28-19(22)29-18-7-5-6-10-23-18/h4-10,12,22H,11,21H2,1-3H3,(H,24,25,26)/b14-8+,15-4-,16-9+,22-19?. The first-order chi connectivity index (χ1) is 13.9. The van der Waals surface area contributed by atoms with Gasteiger partial charge in [0.2, 0.25) is 5.91 Å². The zero-order valence-corrected chi connectivity index (χ0v) is 18.9. The number of carbonyl (C=O) groups is 1. The molecule has 6 nitrogen and oxygen atoms in total. The number of hydrogen-bond acceptors (Lipinski definition) is 8. The first-order valence-corrected chi connectivity index (χ1v) is 11.3. The topological polar surface area (TPSA) is 105 Å². The number of rotatable bonds is 7. The molecule has 0 fully saturated rings. The molecule has 0 aliphatic rings. The Labute approximate surface area is 183 Å². The van der Waals surface area contributed by atoms with E-state index < -0.39 is 0 Å². The van der Waals surface area contributed by atoms with Crippen LogP contribution in [0.2, 0.25) is 0 Å². The van der Waals surface area contributed by atoms with Crippen molar-refractivity contribution in [2.45, 2.75) is 32.2 Å². The molecule has 0 atom stereocenters. The van der Waals surface area contributed by atoms with Crippen molar-refractivity contribution < 1.29 is 4.79 Å². The second-order valence-electron chi connectivity index (χ2n) is 5.89. The Hall–Kier alpha value is -2.36. The fourth-order valence-electron chi connectivity index (χ4n) is 2.14. The number of aromatic nitrogens is 2. The van der Waals surface area contributed by atoms with Crippen molar-refractivity contribution in [2.24, 2.45) is 5.73 Å². The number of pyridine rings is 1. The summed E-state index contributed by atoms with van der Waals surface area (Å²) >= 11 is 4.03. The van der Waals surface area contributed by atoms with E-state index in [4.69, 9.17) is 11.1 Å². The van der Waals surface area contributed by atoms with Crippen LogP contribution < -0.4 is 11.1 Å². The Morgan fingerprint density at radius 1 is 1.38 bits per heavy atom. The summed E-state index contributed by atoms with van der Waals surface area (Å²) in [6.07, 6.45) is 7.31. The molecule has 9 heteroatoms. The number of amides is 1. The summed E-state index contributed by atoms with van der Waals surface area (Å²) < 4.78 is 0.425. The molecule has 2 aromatic heterocycles. The average molecular weight is 446 g/mol. The predicted molar refractivity (Wildman–Crippen MR) is 125 cm³/mol. The van der Waals surface area contributed by atoms with Crippen molar-refractivity contribution in [1.82, 2.24) is 9.97 Å². The average Bonchev–Trinajstić information content (AvgIpc) is 3.09. The second kappa shape index (κ2) is 11.6. The van der Waals surface area contributed by atoms with Crippen molar-refractivity contribution >= 4 is 50.3 Å². The summed E-state index contributed by atoms with van der Waals surface area (Å²) in [6.45, 7) is 5.64. The van der Waals surface area contributed by atoms with Crippen molar-refractivity contribution in [1.29, 1.82) is 5.41 Å². The number of nitrogens with one attached hydrogen (secondary N) is 2. The first kappa shape index (κ1) is 22.9. The minimum Gasteiger partial charge on any atom is -0.399 e. The van der Waals surface area contributed by atoms with Crippen LogP contribution in [0.1, 0.15) is 26.0 Å². The van der Waals surface area contributed by atoms with Crippen LogP contribution in [-0.2, 0) is 4.79 Å². The summed E-state index contributed by atoms with van der Waals surface area (Å²) in [5.74, 6) is -0.160. The van der Waals surface area contributed by atoms with E-state index in [0.29, 0.717) is 15.2 Å². The summed E-state index contributed by atoms with van der Waals surface area (Å²) in [6, 6.07) is 5.60. The number of nitrogens with zero attached hydrogens (tertiary/aromatic N) is 2. The minimum absolute atomic E-state index is 0.160. The van der Waals surface area contributed by atoms with Gasteiger partial charge in [-0.05, 0) is 61.2 Å². The van der Waals surface area contributed by atoms with E-state index in [0.717, 1.165) is 21.2 Å². The number of allylic oxidation sites excluding steroid dienone is 5. The van der Waals surface area contributed by atoms with Gasteiger partial charge in [0, 0.05) is 17.3 Å². The summed E-state index contributed by atoms with van der Waals surface area (Å²) in [7, 11) is 0. The second-order valence-corrected chi connectivity index (χ2v) is 9.30. The van der Waals surface area contributed by atoms with Gasteiger partial charge in [-0.15, -0.1) is 11.3 Å². The van der Waals surface area contributed by atoms with Crippen LogP contribution in [0.4, 0.5) is 5.13 Å². The van der Waals surface area contributed by atoms with E-state index in [9.17, 15) is 4.79 Å². The molecule has 2 aromatic rings. The Bertz CT molecular complexity index is 948. The fraction of sp³-hybridized carbons (Fsp3) is 0.200. The van der Waals surface area contributed by atoms with Crippen LogP contribution in [0.15, 0.2) is 69.2 Å². The summed E-state index contributed by atoms with van der Waals surface area (Å²) in [5, 5.41) is 14.1. The summed E-state index contributed by atoms with van der Waals surface area (Å²) in [4.78, 5) is 21.6. The zero-order valence-electron chi connectivity index (χ0n) is 16.4. The number of hydrogen-bond donors (Lipinski definition) is 3. The van der Waals surface area contributed by atoms with Gasteiger partial charge in [-0.25, -0.2) is 9.97 Å². The van der Waals surface area contributed by atoms with E-state index >= 15 is 0 Å². The molecule has 0 unspecified atom stereocenters. The molecular weight excluding hydrogens is 422 g/mol. The Balaban J connectivity index is 1.90. The maximum Gasteiger partial charge on any atom is 0.230 e. The van der Waals surface area contributed by atoms with E-state index in [-0.39, 0.29) is 12.3 Å². The SMILES string of the molecule is C\C=C(CC(=O)Nc1nc(C)cs1)/C(N)=C\C=C(/C)SC(=N)Sc1ccccn1. The fourth-order valence-corrected chi connectivity index (χ4v) is 4.54. The van der Waals surface area contributed by atoms with Gasteiger partial charge in [0.25, 0.3) is 0 Å². The number of carbonyl (C=O) groups excluding carboxylic acids is 1. The minimum atomic E-state index is -0.160. The van der Waals surface area contributed by atoms with Gasteiger partial charge in [-0.2, -0.15) is 0 Å². The van der Waals surface area contributed by atoms with Crippen molar-refractivity contribution in [3.05, 3.63) is 69.9 Å². The molecule has 2 rings (SSSR count). The maximum atomic E-state index is 12.2. The van der Waals surface area contributed by atoms with Gasteiger partial charge in [0.1, 0.15) is 9.40 Å². The molecule has 152 valence electrons. The van der Waals surface area contributed by atoms with Crippen LogP contribution in [0, 0.1) is 12.3 Å².